The molecule has 1 aromatic carbocycles. The van der Waals surface area contributed by atoms with E-state index in [4.69, 9.17) is 5.73 Å². The van der Waals surface area contributed by atoms with Crippen molar-refractivity contribution in [3.8, 4) is 0 Å². The summed E-state index contributed by atoms with van der Waals surface area (Å²) in [4.78, 5) is 24.9. The molecule has 1 atom stereocenters. The summed E-state index contributed by atoms with van der Waals surface area (Å²) >= 11 is 0. The van der Waals surface area contributed by atoms with Crippen LogP contribution in [0.4, 0.5) is 5.69 Å². The second-order valence-corrected chi connectivity index (χ2v) is 5.48. The maximum atomic E-state index is 12.7. The Morgan fingerprint density at radius 1 is 1.48 bits per heavy atom. The van der Waals surface area contributed by atoms with Crippen LogP contribution in [0.5, 0.6) is 0 Å². The molecule has 1 aliphatic rings. The lowest BCUT2D eigenvalue weighted by Gasteiger charge is -2.36. The van der Waals surface area contributed by atoms with Crippen molar-refractivity contribution in [3.63, 3.8) is 0 Å². The lowest BCUT2D eigenvalue weighted by Crippen LogP contribution is -2.44. The van der Waals surface area contributed by atoms with E-state index in [0.29, 0.717) is 17.7 Å². The number of carbonyl (C=O) groups is 1. The molecule has 2 rings (SSSR count). The topological polar surface area (TPSA) is 89.5 Å². The molecule has 0 aromatic heterocycles. The van der Waals surface area contributed by atoms with Gasteiger partial charge >= 0.3 is 0 Å². The van der Waals surface area contributed by atoms with Gasteiger partial charge in [-0.3, -0.25) is 14.9 Å². The third-order valence-electron chi connectivity index (χ3n) is 4.04. The van der Waals surface area contributed by atoms with Gasteiger partial charge in [-0.2, -0.15) is 0 Å². The normalized spacial score (nSPS) is 18.6. The second-order valence-electron chi connectivity index (χ2n) is 5.48. The number of hydrogen-bond donors (Lipinski definition) is 1. The molecule has 0 radical (unpaired) electrons. The van der Waals surface area contributed by atoms with Crippen LogP contribution in [-0.2, 0) is 0 Å². The second kappa shape index (κ2) is 6.67. The van der Waals surface area contributed by atoms with Crippen molar-refractivity contribution >= 4 is 11.6 Å². The fourth-order valence-electron chi connectivity index (χ4n) is 2.92. The number of nitrogens with zero attached hydrogens (tertiary/aromatic N) is 2. The molecule has 0 bridgehead atoms. The van der Waals surface area contributed by atoms with Crippen LogP contribution in [0.1, 0.15) is 41.6 Å². The van der Waals surface area contributed by atoms with Crippen molar-refractivity contribution in [2.75, 3.05) is 13.1 Å². The van der Waals surface area contributed by atoms with Crippen molar-refractivity contribution in [2.45, 2.75) is 38.6 Å². The van der Waals surface area contributed by atoms with E-state index in [1.165, 1.54) is 12.1 Å². The van der Waals surface area contributed by atoms with Crippen molar-refractivity contribution in [3.05, 3.63) is 39.4 Å². The highest BCUT2D eigenvalue weighted by molar-refractivity contribution is 5.96. The van der Waals surface area contributed by atoms with E-state index in [2.05, 4.69) is 0 Å². The fourth-order valence-corrected chi connectivity index (χ4v) is 2.92. The zero-order valence-electron chi connectivity index (χ0n) is 12.2. The number of hydrogen-bond acceptors (Lipinski definition) is 4. The third kappa shape index (κ3) is 3.39. The molecule has 6 heteroatoms. The molecule has 0 spiro atoms. The zero-order chi connectivity index (χ0) is 15.4. The quantitative estimate of drug-likeness (QED) is 0.680. The van der Waals surface area contributed by atoms with Crippen LogP contribution >= 0.6 is 0 Å². The van der Waals surface area contributed by atoms with E-state index in [1.807, 2.05) is 4.90 Å². The Labute approximate surface area is 124 Å². The van der Waals surface area contributed by atoms with Gasteiger partial charge in [0.05, 0.1) is 4.92 Å². The number of benzene rings is 1. The SMILES string of the molecule is Cc1cc([N+](=O)[O-])ccc1C(=O)N1CCCCC1CCN. The van der Waals surface area contributed by atoms with Gasteiger partial charge in [-0.25, -0.2) is 0 Å². The Morgan fingerprint density at radius 3 is 2.86 bits per heavy atom. The zero-order valence-corrected chi connectivity index (χ0v) is 12.2. The van der Waals surface area contributed by atoms with E-state index in [-0.39, 0.29) is 17.6 Å². The van der Waals surface area contributed by atoms with Crippen LogP contribution in [-0.4, -0.2) is 34.9 Å². The number of piperidine rings is 1. The van der Waals surface area contributed by atoms with E-state index in [1.54, 1.807) is 13.0 Å². The van der Waals surface area contributed by atoms with Crippen LogP contribution in [0.15, 0.2) is 18.2 Å². The van der Waals surface area contributed by atoms with Gasteiger partial charge < -0.3 is 10.6 Å². The summed E-state index contributed by atoms with van der Waals surface area (Å²) in [5.41, 5.74) is 6.84. The number of non-ortho nitro benzene ring substituents is 1. The number of likely N-dealkylation sites (tertiary alicyclic amines) is 1. The average Bonchev–Trinajstić information content (AvgIpc) is 2.47. The Bertz CT molecular complexity index is 543. The first-order valence-electron chi connectivity index (χ1n) is 7.30. The number of aryl methyl sites for hydroxylation is 1. The van der Waals surface area contributed by atoms with Crippen molar-refractivity contribution < 1.29 is 9.72 Å². The van der Waals surface area contributed by atoms with Crippen molar-refractivity contribution in [2.24, 2.45) is 5.73 Å². The van der Waals surface area contributed by atoms with Crippen LogP contribution in [0.25, 0.3) is 0 Å². The van der Waals surface area contributed by atoms with Gasteiger partial charge in [0, 0.05) is 30.3 Å². The molecule has 21 heavy (non-hydrogen) atoms. The monoisotopic (exact) mass is 291 g/mol. The molecule has 1 aromatic rings. The summed E-state index contributed by atoms with van der Waals surface area (Å²) in [6.07, 6.45) is 3.90. The number of nitro benzene ring substituents is 1. The Hall–Kier alpha value is -1.95. The molecule has 1 heterocycles. The molecular formula is C15H21N3O3. The fraction of sp³-hybridized carbons (Fsp3) is 0.533. The summed E-state index contributed by atoms with van der Waals surface area (Å²) < 4.78 is 0. The maximum absolute atomic E-state index is 12.7. The lowest BCUT2D eigenvalue weighted by atomic mass is 9.97. The minimum Gasteiger partial charge on any atom is -0.336 e. The minimum absolute atomic E-state index is 0.0150. The van der Waals surface area contributed by atoms with E-state index in [9.17, 15) is 14.9 Å². The van der Waals surface area contributed by atoms with Gasteiger partial charge in [-0.15, -0.1) is 0 Å². The molecule has 1 unspecified atom stereocenters. The highest BCUT2D eigenvalue weighted by Crippen LogP contribution is 2.24. The summed E-state index contributed by atoms with van der Waals surface area (Å²) in [7, 11) is 0. The predicted molar refractivity (Wildman–Crippen MR) is 80.2 cm³/mol. The molecule has 6 nitrogen and oxygen atoms in total. The van der Waals surface area contributed by atoms with Gasteiger partial charge in [0.25, 0.3) is 11.6 Å². The first kappa shape index (κ1) is 15.4. The van der Waals surface area contributed by atoms with Crippen LogP contribution in [0, 0.1) is 17.0 Å². The Balaban J connectivity index is 2.23. The summed E-state index contributed by atoms with van der Waals surface area (Å²) in [5, 5.41) is 10.8. The highest BCUT2D eigenvalue weighted by atomic mass is 16.6. The summed E-state index contributed by atoms with van der Waals surface area (Å²) in [6, 6.07) is 4.59. The number of nitrogens with two attached hydrogens (primary N) is 1. The molecule has 2 N–H and O–H groups in total. The number of amides is 1. The minimum atomic E-state index is -0.445. The molecule has 1 aliphatic heterocycles. The molecule has 0 aliphatic carbocycles. The highest BCUT2D eigenvalue weighted by Gasteiger charge is 2.28. The number of carbonyl (C=O) groups excluding carboxylic acids is 1. The number of rotatable bonds is 4. The van der Waals surface area contributed by atoms with Crippen molar-refractivity contribution in [1.82, 2.24) is 4.90 Å². The molecule has 1 saturated heterocycles. The first-order chi connectivity index (χ1) is 10.0. The van der Waals surface area contributed by atoms with E-state index >= 15 is 0 Å². The van der Waals surface area contributed by atoms with Crippen molar-refractivity contribution in [1.29, 1.82) is 0 Å². The van der Waals surface area contributed by atoms with Crippen LogP contribution in [0.2, 0.25) is 0 Å². The van der Waals surface area contributed by atoms with Gasteiger partial charge in [-0.1, -0.05) is 0 Å². The predicted octanol–water partition coefficient (Wildman–Crippen LogP) is 2.25. The lowest BCUT2D eigenvalue weighted by molar-refractivity contribution is -0.384. The summed E-state index contributed by atoms with van der Waals surface area (Å²) in [6.45, 7) is 3.04. The molecular weight excluding hydrogens is 270 g/mol. The van der Waals surface area contributed by atoms with Gasteiger partial charge in [0.1, 0.15) is 0 Å². The Kier molecular flexibility index (Phi) is 4.90. The largest absolute Gasteiger partial charge is 0.336 e. The van der Waals surface area contributed by atoms with E-state index < -0.39 is 4.92 Å². The molecule has 114 valence electrons. The van der Waals surface area contributed by atoms with Gasteiger partial charge in [-0.05, 0) is 50.8 Å². The van der Waals surface area contributed by atoms with E-state index in [0.717, 1.165) is 32.2 Å². The first-order valence-corrected chi connectivity index (χ1v) is 7.30. The van der Waals surface area contributed by atoms with Crippen LogP contribution < -0.4 is 5.73 Å². The van der Waals surface area contributed by atoms with Gasteiger partial charge in [0.2, 0.25) is 0 Å². The smallest absolute Gasteiger partial charge is 0.269 e. The summed E-state index contributed by atoms with van der Waals surface area (Å²) in [5.74, 6) is -0.0412. The molecule has 0 saturated carbocycles. The maximum Gasteiger partial charge on any atom is 0.269 e. The average molecular weight is 291 g/mol. The third-order valence-corrected chi connectivity index (χ3v) is 4.04. The molecule has 1 fully saturated rings. The molecule has 1 amide bonds. The Morgan fingerprint density at radius 2 is 2.24 bits per heavy atom. The standard InChI is InChI=1S/C15H21N3O3/c1-11-10-13(18(20)21)5-6-14(11)15(19)17-9-3-2-4-12(17)7-8-16/h5-6,10,12H,2-4,7-9,16H2,1H3. The number of nitro groups is 1. The van der Waals surface area contributed by atoms with Crippen LogP contribution in [0.3, 0.4) is 0 Å². The van der Waals surface area contributed by atoms with Gasteiger partial charge in [0.15, 0.2) is 0 Å².